The van der Waals surface area contributed by atoms with Crippen LogP contribution in [0.1, 0.15) is 20.3 Å². The van der Waals surface area contributed by atoms with Crippen molar-refractivity contribution < 1.29 is 9.53 Å². The third-order valence-electron chi connectivity index (χ3n) is 3.19. The van der Waals surface area contributed by atoms with Gasteiger partial charge in [-0.3, -0.25) is 9.69 Å². The van der Waals surface area contributed by atoms with Gasteiger partial charge >= 0.3 is 0 Å². The fraction of sp³-hybridized carbons (Fsp3) is 0.917. The Kier molecular flexibility index (Phi) is 6.47. The number of carbonyl (C=O) groups excluding carboxylic acids is 1. The molecule has 0 aromatic heterocycles. The number of rotatable bonds is 8. The molecule has 2 N–H and O–H groups in total. The number of hydrogen-bond donors (Lipinski definition) is 2. The molecule has 1 saturated heterocycles. The van der Waals surface area contributed by atoms with E-state index >= 15 is 0 Å². The molecule has 0 aromatic rings. The normalized spacial score (nSPS) is 17.9. The van der Waals surface area contributed by atoms with Crippen LogP contribution in [-0.4, -0.2) is 62.8 Å². The van der Waals surface area contributed by atoms with Gasteiger partial charge in [0.2, 0.25) is 5.91 Å². The minimum atomic E-state index is -0.0566. The van der Waals surface area contributed by atoms with Gasteiger partial charge in [-0.2, -0.15) is 0 Å². The molecule has 0 saturated carbocycles. The van der Waals surface area contributed by atoms with Crippen molar-refractivity contribution in [1.82, 2.24) is 15.5 Å². The van der Waals surface area contributed by atoms with Crippen molar-refractivity contribution in [1.29, 1.82) is 0 Å². The summed E-state index contributed by atoms with van der Waals surface area (Å²) < 4.78 is 4.92. The van der Waals surface area contributed by atoms with Crippen molar-refractivity contribution in [2.24, 2.45) is 0 Å². The van der Waals surface area contributed by atoms with E-state index in [2.05, 4.69) is 22.5 Å². The van der Waals surface area contributed by atoms with Gasteiger partial charge in [-0.05, 0) is 19.9 Å². The average molecular weight is 243 g/mol. The lowest BCUT2D eigenvalue weighted by molar-refractivity contribution is -0.127. The lowest BCUT2D eigenvalue weighted by Gasteiger charge is -2.41. The SMILES string of the molecule is CCCN(C1CNC1)C(C)C(=O)NCCOC. The number of carbonyl (C=O) groups is 1. The highest BCUT2D eigenvalue weighted by Gasteiger charge is 2.30. The van der Waals surface area contributed by atoms with Crippen LogP contribution in [0.4, 0.5) is 0 Å². The average Bonchev–Trinajstić information content (AvgIpc) is 2.25. The second-order valence-electron chi connectivity index (χ2n) is 4.51. The lowest BCUT2D eigenvalue weighted by atomic mass is 10.1. The van der Waals surface area contributed by atoms with Crippen LogP contribution < -0.4 is 10.6 Å². The largest absolute Gasteiger partial charge is 0.383 e. The zero-order valence-corrected chi connectivity index (χ0v) is 11.2. The summed E-state index contributed by atoms with van der Waals surface area (Å²) in [6.45, 7) is 8.25. The maximum absolute atomic E-state index is 11.9. The molecule has 0 bridgehead atoms. The predicted molar refractivity (Wildman–Crippen MR) is 68.0 cm³/mol. The van der Waals surface area contributed by atoms with Crippen molar-refractivity contribution >= 4 is 5.91 Å². The maximum Gasteiger partial charge on any atom is 0.237 e. The Balaban J connectivity index is 2.39. The molecule has 1 amide bonds. The Morgan fingerprint density at radius 3 is 2.76 bits per heavy atom. The molecule has 0 spiro atoms. The summed E-state index contributed by atoms with van der Waals surface area (Å²) in [6.07, 6.45) is 1.08. The predicted octanol–water partition coefficient (Wildman–Crippen LogP) is -0.179. The van der Waals surface area contributed by atoms with E-state index < -0.39 is 0 Å². The lowest BCUT2D eigenvalue weighted by Crippen LogP contribution is -2.62. The quantitative estimate of drug-likeness (QED) is 0.581. The third-order valence-corrected chi connectivity index (χ3v) is 3.19. The van der Waals surface area contributed by atoms with Gasteiger partial charge in [-0.15, -0.1) is 0 Å². The van der Waals surface area contributed by atoms with Crippen LogP contribution >= 0.6 is 0 Å². The molecule has 5 heteroatoms. The molecule has 17 heavy (non-hydrogen) atoms. The summed E-state index contributed by atoms with van der Waals surface area (Å²) in [5.41, 5.74) is 0. The number of methoxy groups -OCH3 is 1. The second kappa shape index (κ2) is 7.63. The first-order valence-corrected chi connectivity index (χ1v) is 6.43. The number of nitrogens with one attached hydrogen (secondary N) is 2. The van der Waals surface area contributed by atoms with E-state index in [1.54, 1.807) is 7.11 Å². The van der Waals surface area contributed by atoms with Crippen LogP contribution in [0.5, 0.6) is 0 Å². The second-order valence-corrected chi connectivity index (χ2v) is 4.51. The van der Waals surface area contributed by atoms with Gasteiger partial charge < -0.3 is 15.4 Å². The first-order chi connectivity index (χ1) is 8.20. The van der Waals surface area contributed by atoms with E-state index in [0.717, 1.165) is 26.1 Å². The Hall–Kier alpha value is -0.650. The molecule has 1 atom stereocenters. The number of nitrogens with zero attached hydrogens (tertiary/aromatic N) is 1. The van der Waals surface area contributed by atoms with Crippen molar-refractivity contribution in [3.8, 4) is 0 Å². The molecule has 1 heterocycles. The van der Waals surface area contributed by atoms with E-state index in [9.17, 15) is 4.79 Å². The first-order valence-electron chi connectivity index (χ1n) is 6.43. The third kappa shape index (κ3) is 4.26. The molecular weight excluding hydrogens is 218 g/mol. The van der Waals surface area contributed by atoms with E-state index in [1.807, 2.05) is 6.92 Å². The molecule has 0 radical (unpaired) electrons. The van der Waals surface area contributed by atoms with Gasteiger partial charge in [0, 0.05) is 32.8 Å². The van der Waals surface area contributed by atoms with Gasteiger partial charge in [0.1, 0.15) is 0 Å². The van der Waals surface area contributed by atoms with Gasteiger partial charge in [0.25, 0.3) is 0 Å². The number of amides is 1. The highest BCUT2D eigenvalue weighted by molar-refractivity contribution is 5.81. The maximum atomic E-state index is 11.9. The Morgan fingerprint density at radius 1 is 1.59 bits per heavy atom. The fourth-order valence-electron chi connectivity index (χ4n) is 2.03. The van der Waals surface area contributed by atoms with E-state index in [0.29, 0.717) is 19.2 Å². The van der Waals surface area contributed by atoms with Crippen molar-refractivity contribution in [3.63, 3.8) is 0 Å². The monoisotopic (exact) mass is 243 g/mol. The van der Waals surface area contributed by atoms with Gasteiger partial charge in [-0.25, -0.2) is 0 Å². The molecule has 1 rings (SSSR count). The van der Waals surface area contributed by atoms with Crippen LogP contribution in [0.25, 0.3) is 0 Å². The standard InChI is InChI=1S/C12H25N3O2/c1-4-6-15(11-8-13-9-11)10(2)12(16)14-5-7-17-3/h10-11,13H,4-9H2,1-3H3,(H,14,16). The summed E-state index contributed by atoms with van der Waals surface area (Å²) in [5.74, 6) is 0.0994. The van der Waals surface area contributed by atoms with Gasteiger partial charge in [0.05, 0.1) is 12.6 Å². The smallest absolute Gasteiger partial charge is 0.237 e. The Bertz CT molecular complexity index is 232. The highest BCUT2D eigenvalue weighted by Crippen LogP contribution is 2.10. The van der Waals surface area contributed by atoms with E-state index in [4.69, 9.17) is 4.74 Å². The van der Waals surface area contributed by atoms with Gasteiger partial charge in [-0.1, -0.05) is 6.92 Å². The number of ether oxygens (including phenoxy) is 1. The van der Waals surface area contributed by atoms with Crippen LogP contribution in [0.15, 0.2) is 0 Å². The van der Waals surface area contributed by atoms with Crippen LogP contribution in [0.3, 0.4) is 0 Å². The minimum absolute atomic E-state index is 0.0566. The Labute approximate surface area is 104 Å². The molecule has 5 nitrogen and oxygen atoms in total. The number of hydrogen-bond acceptors (Lipinski definition) is 4. The van der Waals surface area contributed by atoms with Crippen LogP contribution in [0.2, 0.25) is 0 Å². The van der Waals surface area contributed by atoms with Crippen molar-refractivity contribution in [2.45, 2.75) is 32.4 Å². The molecule has 1 aliphatic rings. The minimum Gasteiger partial charge on any atom is -0.383 e. The fourth-order valence-corrected chi connectivity index (χ4v) is 2.03. The van der Waals surface area contributed by atoms with Gasteiger partial charge in [0.15, 0.2) is 0 Å². The zero-order valence-electron chi connectivity index (χ0n) is 11.2. The molecule has 0 aliphatic carbocycles. The molecular formula is C12H25N3O2. The molecule has 100 valence electrons. The van der Waals surface area contributed by atoms with Crippen molar-refractivity contribution in [3.05, 3.63) is 0 Å². The summed E-state index contributed by atoms with van der Waals surface area (Å²) >= 11 is 0. The molecule has 0 aromatic carbocycles. The van der Waals surface area contributed by atoms with E-state index in [1.165, 1.54) is 0 Å². The van der Waals surface area contributed by atoms with Crippen LogP contribution in [0, 0.1) is 0 Å². The Morgan fingerprint density at radius 2 is 2.29 bits per heavy atom. The first kappa shape index (κ1) is 14.4. The zero-order chi connectivity index (χ0) is 12.7. The summed E-state index contributed by atoms with van der Waals surface area (Å²) in [5, 5.41) is 6.15. The molecule has 1 aliphatic heterocycles. The van der Waals surface area contributed by atoms with Crippen molar-refractivity contribution in [2.75, 3.05) is 39.9 Å². The topological polar surface area (TPSA) is 53.6 Å². The molecule has 1 fully saturated rings. The summed E-state index contributed by atoms with van der Waals surface area (Å²) in [4.78, 5) is 14.2. The van der Waals surface area contributed by atoms with Crippen LogP contribution in [-0.2, 0) is 9.53 Å². The summed E-state index contributed by atoms with van der Waals surface area (Å²) in [7, 11) is 1.64. The summed E-state index contributed by atoms with van der Waals surface area (Å²) in [6, 6.07) is 0.456. The highest BCUT2D eigenvalue weighted by atomic mass is 16.5. The van der Waals surface area contributed by atoms with E-state index in [-0.39, 0.29) is 11.9 Å². The molecule has 1 unspecified atom stereocenters.